The van der Waals surface area contributed by atoms with Crippen molar-refractivity contribution in [2.24, 2.45) is 0 Å². The molecule has 1 aromatic rings. The fourth-order valence-corrected chi connectivity index (χ4v) is 1.73. The van der Waals surface area contributed by atoms with Crippen LogP contribution in [0.3, 0.4) is 0 Å². The van der Waals surface area contributed by atoms with E-state index < -0.39 is 0 Å². The van der Waals surface area contributed by atoms with E-state index >= 15 is 0 Å². The second-order valence-electron chi connectivity index (χ2n) is 4.23. The standard InChI is InChI=1S/C14H21NO2/c1-15(14(17)10-12-16)11-6-5-9-13-7-3-2-4-8-13/h2-4,7-8,16H,5-6,9-12H2,1H3. The summed E-state index contributed by atoms with van der Waals surface area (Å²) in [5, 5.41) is 8.66. The normalized spacial score (nSPS) is 10.2. The first-order valence-corrected chi connectivity index (χ1v) is 6.13. The Morgan fingerprint density at radius 2 is 1.94 bits per heavy atom. The van der Waals surface area contributed by atoms with Crippen molar-refractivity contribution in [1.29, 1.82) is 0 Å². The van der Waals surface area contributed by atoms with E-state index in [0.29, 0.717) is 0 Å². The van der Waals surface area contributed by atoms with Crippen LogP contribution in [0.2, 0.25) is 0 Å². The van der Waals surface area contributed by atoms with Crippen LogP contribution in [0.25, 0.3) is 0 Å². The molecule has 0 saturated heterocycles. The summed E-state index contributed by atoms with van der Waals surface area (Å²) in [6.45, 7) is 0.707. The summed E-state index contributed by atoms with van der Waals surface area (Å²) in [7, 11) is 1.79. The molecule has 17 heavy (non-hydrogen) atoms. The Balaban J connectivity index is 2.14. The van der Waals surface area contributed by atoms with Crippen molar-refractivity contribution in [1.82, 2.24) is 4.90 Å². The zero-order valence-electron chi connectivity index (χ0n) is 10.4. The number of carbonyl (C=O) groups is 1. The maximum absolute atomic E-state index is 11.4. The van der Waals surface area contributed by atoms with Gasteiger partial charge in [0.05, 0.1) is 6.61 Å². The SMILES string of the molecule is CN(CCCCc1ccccc1)C(=O)CCO. The minimum absolute atomic E-state index is 0.0206. The average Bonchev–Trinajstić information content (AvgIpc) is 2.36. The molecule has 0 atom stereocenters. The van der Waals surface area contributed by atoms with Crippen LogP contribution in [0.4, 0.5) is 0 Å². The Morgan fingerprint density at radius 3 is 2.59 bits per heavy atom. The van der Waals surface area contributed by atoms with Gasteiger partial charge in [-0.05, 0) is 24.8 Å². The van der Waals surface area contributed by atoms with Crippen molar-refractivity contribution in [3.05, 3.63) is 35.9 Å². The van der Waals surface area contributed by atoms with Crippen molar-refractivity contribution in [2.75, 3.05) is 20.2 Å². The van der Waals surface area contributed by atoms with Crippen LogP contribution < -0.4 is 0 Å². The summed E-state index contributed by atoms with van der Waals surface area (Å²) in [6, 6.07) is 10.4. The number of hydrogen-bond acceptors (Lipinski definition) is 2. The Hall–Kier alpha value is -1.35. The smallest absolute Gasteiger partial charge is 0.224 e. The second-order valence-corrected chi connectivity index (χ2v) is 4.23. The molecule has 0 spiro atoms. The molecular weight excluding hydrogens is 214 g/mol. The Morgan fingerprint density at radius 1 is 1.24 bits per heavy atom. The number of amides is 1. The maximum atomic E-state index is 11.4. The fraction of sp³-hybridized carbons (Fsp3) is 0.500. The Kier molecular flexibility index (Phi) is 6.33. The largest absolute Gasteiger partial charge is 0.396 e. The molecule has 3 nitrogen and oxygen atoms in total. The van der Waals surface area contributed by atoms with Crippen LogP contribution in [0.1, 0.15) is 24.8 Å². The van der Waals surface area contributed by atoms with Gasteiger partial charge in [0.25, 0.3) is 0 Å². The molecule has 0 unspecified atom stereocenters. The highest BCUT2D eigenvalue weighted by molar-refractivity contribution is 5.75. The Bertz CT molecular complexity index is 324. The number of rotatable bonds is 7. The number of aryl methyl sites for hydroxylation is 1. The molecule has 0 bridgehead atoms. The fourth-order valence-electron chi connectivity index (χ4n) is 1.73. The van der Waals surface area contributed by atoms with E-state index in [2.05, 4.69) is 12.1 Å². The van der Waals surface area contributed by atoms with Crippen molar-refractivity contribution < 1.29 is 9.90 Å². The number of aliphatic hydroxyl groups excluding tert-OH is 1. The number of hydrogen-bond donors (Lipinski definition) is 1. The molecular formula is C14H21NO2. The maximum Gasteiger partial charge on any atom is 0.224 e. The lowest BCUT2D eigenvalue weighted by Crippen LogP contribution is -2.28. The quantitative estimate of drug-likeness (QED) is 0.733. The van der Waals surface area contributed by atoms with Crippen molar-refractivity contribution in [3.63, 3.8) is 0 Å². The van der Waals surface area contributed by atoms with Gasteiger partial charge in [-0.25, -0.2) is 0 Å². The molecule has 94 valence electrons. The van der Waals surface area contributed by atoms with E-state index in [1.807, 2.05) is 18.2 Å². The zero-order chi connectivity index (χ0) is 12.5. The van der Waals surface area contributed by atoms with Crippen LogP contribution in [0, 0.1) is 0 Å². The summed E-state index contributed by atoms with van der Waals surface area (Å²) in [5.41, 5.74) is 1.34. The summed E-state index contributed by atoms with van der Waals surface area (Å²) in [5.74, 6) is 0.0206. The van der Waals surface area contributed by atoms with Crippen LogP contribution in [0.5, 0.6) is 0 Å². The molecule has 0 radical (unpaired) electrons. The lowest BCUT2D eigenvalue weighted by atomic mass is 10.1. The highest BCUT2D eigenvalue weighted by Gasteiger charge is 2.06. The van der Waals surface area contributed by atoms with E-state index in [1.54, 1.807) is 11.9 Å². The molecule has 0 saturated carbocycles. The molecule has 1 aromatic carbocycles. The molecule has 1 N–H and O–H groups in total. The van der Waals surface area contributed by atoms with Crippen molar-refractivity contribution in [2.45, 2.75) is 25.7 Å². The van der Waals surface area contributed by atoms with Crippen LogP contribution in [-0.4, -0.2) is 36.1 Å². The minimum Gasteiger partial charge on any atom is -0.396 e. The molecule has 0 heterocycles. The van der Waals surface area contributed by atoms with E-state index in [-0.39, 0.29) is 18.9 Å². The van der Waals surface area contributed by atoms with Crippen LogP contribution in [-0.2, 0) is 11.2 Å². The third kappa shape index (κ3) is 5.50. The van der Waals surface area contributed by atoms with E-state index in [1.165, 1.54) is 5.56 Å². The van der Waals surface area contributed by atoms with Gasteiger partial charge in [-0.3, -0.25) is 4.79 Å². The van der Waals surface area contributed by atoms with Crippen LogP contribution >= 0.6 is 0 Å². The summed E-state index contributed by atoms with van der Waals surface area (Å²) >= 11 is 0. The average molecular weight is 235 g/mol. The number of unbranched alkanes of at least 4 members (excludes halogenated alkanes) is 1. The first kappa shape index (κ1) is 13.7. The van der Waals surface area contributed by atoms with E-state index in [9.17, 15) is 4.79 Å². The summed E-state index contributed by atoms with van der Waals surface area (Å²) in [6.07, 6.45) is 3.38. The zero-order valence-corrected chi connectivity index (χ0v) is 10.4. The summed E-state index contributed by atoms with van der Waals surface area (Å²) < 4.78 is 0. The van der Waals surface area contributed by atoms with Crippen LogP contribution in [0.15, 0.2) is 30.3 Å². The number of carbonyl (C=O) groups excluding carboxylic acids is 1. The molecule has 1 rings (SSSR count). The topological polar surface area (TPSA) is 40.5 Å². The van der Waals surface area contributed by atoms with Gasteiger partial charge in [0.15, 0.2) is 0 Å². The van der Waals surface area contributed by atoms with Crippen molar-refractivity contribution >= 4 is 5.91 Å². The van der Waals surface area contributed by atoms with Crippen molar-refractivity contribution in [3.8, 4) is 0 Å². The molecule has 1 amide bonds. The molecule has 0 aromatic heterocycles. The van der Waals surface area contributed by atoms with Gasteiger partial charge < -0.3 is 10.0 Å². The lowest BCUT2D eigenvalue weighted by molar-refractivity contribution is -0.130. The van der Waals surface area contributed by atoms with Gasteiger partial charge in [0.2, 0.25) is 5.91 Å². The number of aliphatic hydroxyl groups is 1. The predicted octanol–water partition coefficient (Wildman–Crippen LogP) is 1.85. The highest BCUT2D eigenvalue weighted by atomic mass is 16.3. The summed E-state index contributed by atoms with van der Waals surface area (Å²) in [4.78, 5) is 13.1. The molecule has 0 fully saturated rings. The first-order chi connectivity index (χ1) is 8.24. The lowest BCUT2D eigenvalue weighted by Gasteiger charge is -2.16. The third-order valence-electron chi connectivity index (χ3n) is 2.80. The van der Waals surface area contributed by atoms with E-state index in [0.717, 1.165) is 25.8 Å². The predicted molar refractivity (Wildman–Crippen MR) is 68.7 cm³/mol. The van der Waals surface area contributed by atoms with E-state index in [4.69, 9.17) is 5.11 Å². The molecule has 0 aliphatic rings. The molecule has 0 aliphatic heterocycles. The first-order valence-electron chi connectivity index (χ1n) is 6.13. The highest BCUT2D eigenvalue weighted by Crippen LogP contribution is 2.05. The van der Waals surface area contributed by atoms with Gasteiger partial charge in [0, 0.05) is 20.0 Å². The van der Waals surface area contributed by atoms with Gasteiger partial charge in [-0.2, -0.15) is 0 Å². The Labute approximate surface area is 103 Å². The number of nitrogens with zero attached hydrogens (tertiary/aromatic N) is 1. The van der Waals surface area contributed by atoms with Gasteiger partial charge in [0.1, 0.15) is 0 Å². The van der Waals surface area contributed by atoms with Gasteiger partial charge >= 0.3 is 0 Å². The van der Waals surface area contributed by atoms with Gasteiger partial charge in [-0.1, -0.05) is 30.3 Å². The van der Waals surface area contributed by atoms with Gasteiger partial charge in [-0.15, -0.1) is 0 Å². The second kappa shape index (κ2) is 7.85. The minimum atomic E-state index is -0.0623. The molecule has 0 aliphatic carbocycles. The molecule has 3 heteroatoms. The monoisotopic (exact) mass is 235 g/mol. The number of benzene rings is 1. The third-order valence-corrected chi connectivity index (χ3v) is 2.80.